The summed E-state index contributed by atoms with van der Waals surface area (Å²) in [6.07, 6.45) is 2.69. The van der Waals surface area contributed by atoms with Gasteiger partial charge in [0, 0.05) is 12.2 Å². The maximum atomic E-state index is 5.45. The number of rotatable bonds is 1. The van der Waals surface area contributed by atoms with Crippen molar-refractivity contribution in [2.24, 2.45) is 0 Å². The minimum atomic E-state index is 0.701. The lowest BCUT2D eigenvalue weighted by atomic mass is 10.0. The second-order valence-corrected chi connectivity index (χ2v) is 4.42. The maximum absolute atomic E-state index is 5.45. The first-order valence-electron chi connectivity index (χ1n) is 5.87. The Bertz CT molecular complexity index is 560. The van der Waals surface area contributed by atoms with Gasteiger partial charge in [0.2, 0.25) is 0 Å². The van der Waals surface area contributed by atoms with Gasteiger partial charge in [-0.2, -0.15) is 0 Å². The van der Waals surface area contributed by atoms with Gasteiger partial charge in [0.1, 0.15) is 0 Å². The Balaban J connectivity index is 2.14. The van der Waals surface area contributed by atoms with Crippen molar-refractivity contribution >= 4 is 0 Å². The molecule has 4 heteroatoms. The van der Waals surface area contributed by atoms with Gasteiger partial charge < -0.3 is 9.73 Å². The van der Waals surface area contributed by atoms with Crippen LogP contribution in [0.15, 0.2) is 16.7 Å². The van der Waals surface area contributed by atoms with Crippen LogP contribution in [0.4, 0.5) is 0 Å². The van der Waals surface area contributed by atoms with E-state index >= 15 is 0 Å². The van der Waals surface area contributed by atoms with Gasteiger partial charge in [-0.1, -0.05) is 0 Å². The van der Waals surface area contributed by atoms with Crippen LogP contribution in [0.5, 0.6) is 0 Å². The minimum Gasteiger partial charge on any atom is -0.461 e. The molecule has 0 aliphatic carbocycles. The number of aromatic nitrogens is 2. The summed E-state index contributed by atoms with van der Waals surface area (Å²) in [6.45, 7) is 5.89. The molecule has 17 heavy (non-hydrogen) atoms. The molecule has 0 atom stereocenters. The summed E-state index contributed by atoms with van der Waals surface area (Å²) >= 11 is 0. The quantitative estimate of drug-likeness (QED) is 0.812. The molecule has 1 aliphatic rings. The normalized spacial score (nSPS) is 14.7. The highest BCUT2D eigenvalue weighted by molar-refractivity contribution is 5.53. The van der Waals surface area contributed by atoms with E-state index in [0.717, 1.165) is 42.2 Å². The van der Waals surface area contributed by atoms with Crippen LogP contribution in [-0.2, 0) is 13.0 Å². The summed E-state index contributed by atoms with van der Waals surface area (Å²) in [7, 11) is 0. The lowest BCUT2D eigenvalue weighted by Gasteiger charge is -2.18. The van der Waals surface area contributed by atoms with Crippen LogP contribution in [0, 0.1) is 13.8 Å². The van der Waals surface area contributed by atoms with Crippen molar-refractivity contribution in [3.05, 3.63) is 34.8 Å². The molecule has 88 valence electrons. The number of aryl methyl sites for hydroxylation is 2. The maximum Gasteiger partial charge on any atom is 0.196 e. The number of nitrogens with zero attached hydrogens (tertiary/aromatic N) is 2. The van der Waals surface area contributed by atoms with Crippen LogP contribution >= 0.6 is 0 Å². The Hall–Kier alpha value is -1.68. The van der Waals surface area contributed by atoms with E-state index in [1.807, 2.05) is 19.9 Å². The van der Waals surface area contributed by atoms with Crippen LogP contribution in [0.1, 0.15) is 22.5 Å². The first kappa shape index (κ1) is 10.5. The van der Waals surface area contributed by atoms with Crippen molar-refractivity contribution in [1.29, 1.82) is 0 Å². The molecule has 1 N–H and O–H groups in total. The topological polar surface area (TPSA) is 51.0 Å². The molecule has 0 saturated carbocycles. The summed E-state index contributed by atoms with van der Waals surface area (Å²) in [5.41, 5.74) is 4.54. The minimum absolute atomic E-state index is 0.701. The first-order valence-corrected chi connectivity index (χ1v) is 5.87. The highest BCUT2D eigenvalue weighted by atomic mass is 16.3. The Labute approximate surface area is 100 Å². The lowest BCUT2D eigenvalue weighted by Crippen LogP contribution is -2.26. The zero-order valence-corrected chi connectivity index (χ0v) is 10.1. The fraction of sp³-hybridized carbons (Fsp3) is 0.385. The molecule has 3 rings (SSSR count). The number of nitrogens with one attached hydrogen (secondary N) is 1. The van der Waals surface area contributed by atoms with Crippen molar-refractivity contribution < 1.29 is 4.42 Å². The van der Waals surface area contributed by atoms with Crippen LogP contribution in [0.25, 0.3) is 11.6 Å². The third-order valence-corrected chi connectivity index (χ3v) is 3.21. The lowest BCUT2D eigenvalue weighted by molar-refractivity contribution is 0.570. The molecule has 2 aromatic rings. The van der Waals surface area contributed by atoms with E-state index in [1.54, 1.807) is 6.26 Å². The monoisotopic (exact) mass is 229 g/mol. The largest absolute Gasteiger partial charge is 0.461 e. The molecule has 0 fully saturated rings. The van der Waals surface area contributed by atoms with E-state index in [0.29, 0.717) is 5.82 Å². The van der Waals surface area contributed by atoms with Gasteiger partial charge in [-0.05, 0) is 44.0 Å². The molecule has 0 aromatic carbocycles. The van der Waals surface area contributed by atoms with E-state index < -0.39 is 0 Å². The molecule has 0 bridgehead atoms. The Morgan fingerprint density at radius 3 is 2.94 bits per heavy atom. The standard InChI is InChI=1S/C13H15N3O/c1-8-4-6-17-12(8)13-15-9(2)10-3-5-14-7-11(10)16-13/h4,6,14H,3,5,7H2,1-2H3. The summed E-state index contributed by atoms with van der Waals surface area (Å²) in [6, 6.07) is 1.94. The molecule has 3 heterocycles. The average molecular weight is 229 g/mol. The van der Waals surface area contributed by atoms with Gasteiger partial charge in [-0.25, -0.2) is 9.97 Å². The molecule has 4 nitrogen and oxygen atoms in total. The molecule has 0 spiro atoms. The van der Waals surface area contributed by atoms with Crippen LogP contribution in [0.3, 0.4) is 0 Å². The highest BCUT2D eigenvalue weighted by Gasteiger charge is 2.17. The van der Waals surface area contributed by atoms with E-state index in [-0.39, 0.29) is 0 Å². The Morgan fingerprint density at radius 2 is 2.18 bits per heavy atom. The molecular formula is C13H15N3O. The summed E-state index contributed by atoms with van der Waals surface area (Å²) in [5, 5.41) is 3.33. The van der Waals surface area contributed by atoms with Crippen molar-refractivity contribution in [3.8, 4) is 11.6 Å². The Morgan fingerprint density at radius 1 is 1.29 bits per heavy atom. The fourth-order valence-corrected chi connectivity index (χ4v) is 2.25. The van der Waals surface area contributed by atoms with Crippen molar-refractivity contribution in [1.82, 2.24) is 15.3 Å². The number of hydrogen-bond donors (Lipinski definition) is 1. The molecule has 0 radical (unpaired) electrons. The van der Waals surface area contributed by atoms with Crippen LogP contribution in [-0.4, -0.2) is 16.5 Å². The van der Waals surface area contributed by atoms with Gasteiger partial charge >= 0.3 is 0 Å². The van der Waals surface area contributed by atoms with Crippen molar-refractivity contribution in [2.45, 2.75) is 26.8 Å². The molecule has 2 aromatic heterocycles. The number of hydrogen-bond acceptors (Lipinski definition) is 4. The SMILES string of the molecule is Cc1ccoc1-c1nc(C)c2c(n1)CNCC2. The third-order valence-electron chi connectivity index (χ3n) is 3.21. The van der Waals surface area contributed by atoms with E-state index in [9.17, 15) is 0 Å². The Kier molecular flexibility index (Phi) is 2.44. The fourth-order valence-electron chi connectivity index (χ4n) is 2.25. The van der Waals surface area contributed by atoms with E-state index in [4.69, 9.17) is 4.42 Å². The molecule has 0 saturated heterocycles. The van der Waals surface area contributed by atoms with Gasteiger partial charge in [-0.15, -0.1) is 0 Å². The molecule has 0 amide bonds. The second kappa shape index (κ2) is 3.96. The summed E-state index contributed by atoms with van der Waals surface area (Å²) in [4.78, 5) is 9.17. The zero-order chi connectivity index (χ0) is 11.8. The molecular weight excluding hydrogens is 214 g/mol. The van der Waals surface area contributed by atoms with Crippen LogP contribution < -0.4 is 5.32 Å². The summed E-state index contributed by atoms with van der Waals surface area (Å²) < 4.78 is 5.45. The van der Waals surface area contributed by atoms with Gasteiger partial charge in [0.05, 0.1) is 12.0 Å². The zero-order valence-electron chi connectivity index (χ0n) is 10.1. The third kappa shape index (κ3) is 1.74. The smallest absolute Gasteiger partial charge is 0.196 e. The molecule has 1 aliphatic heterocycles. The summed E-state index contributed by atoms with van der Waals surface area (Å²) in [5.74, 6) is 1.48. The van der Waals surface area contributed by atoms with Gasteiger partial charge in [-0.3, -0.25) is 0 Å². The predicted octanol–water partition coefficient (Wildman–Crippen LogP) is 2.00. The van der Waals surface area contributed by atoms with Crippen LogP contribution in [0.2, 0.25) is 0 Å². The average Bonchev–Trinajstić information content (AvgIpc) is 2.75. The number of furan rings is 1. The highest BCUT2D eigenvalue weighted by Crippen LogP contribution is 2.24. The predicted molar refractivity (Wildman–Crippen MR) is 64.6 cm³/mol. The van der Waals surface area contributed by atoms with E-state index in [2.05, 4.69) is 15.3 Å². The second-order valence-electron chi connectivity index (χ2n) is 4.42. The van der Waals surface area contributed by atoms with Crippen molar-refractivity contribution in [2.75, 3.05) is 6.54 Å². The van der Waals surface area contributed by atoms with Crippen molar-refractivity contribution in [3.63, 3.8) is 0 Å². The van der Waals surface area contributed by atoms with Gasteiger partial charge in [0.15, 0.2) is 11.6 Å². The van der Waals surface area contributed by atoms with Gasteiger partial charge in [0.25, 0.3) is 0 Å². The first-order chi connectivity index (χ1) is 8.25. The molecule has 0 unspecified atom stereocenters. The number of fused-ring (bicyclic) bond motifs is 1. The van der Waals surface area contributed by atoms with E-state index in [1.165, 1.54) is 5.56 Å².